The Hall–Kier alpha value is -3.48. The third-order valence-electron chi connectivity index (χ3n) is 4.46. The molecule has 3 aromatic carbocycles. The fourth-order valence-corrected chi connectivity index (χ4v) is 2.84. The van der Waals surface area contributed by atoms with E-state index in [1.165, 1.54) is 48.5 Å². The van der Waals surface area contributed by atoms with E-state index in [-0.39, 0.29) is 28.9 Å². The van der Waals surface area contributed by atoms with Crippen LogP contribution < -0.4 is 4.74 Å². The van der Waals surface area contributed by atoms with Crippen molar-refractivity contribution < 1.29 is 31.5 Å². The second-order valence-corrected chi connectivity index (χ2v) is 6.71. The first-order chi connectivity index (χ1) is 14.8. The van der Waals surface area contributed by atoms with Crippen LogP contribution in [0.5, 0.6) is 5.75 Å². The van der Waals surface area contributed by atoms with Crippen molar-refractivity contribution in [1.29, 1.82) is 0 Å². The number of carbonyl (C=O) groups excluding carboxylic acids is 1. The van der Waals surface area contributed by atoms with E-state index in [1.54, 1.807) is 6.92 Å². The first-order valence-corrected chi connectivity index (χ1v) is 9.42. The van der Waals surface area contributed by atoms with Gasteiger partial charge < -0.3 is 4.74 Å². The van der Waals surface area contributed by atoms with Crippen molar-refractivity contribution in [3.05, 3.63) is 95.1 Å². The van der Waals surface area contributed by atoms with Gasteiger partial charge in [0.2, 0.25) is 0 Å². The topological polar surface area (TPSA) is 26.3 Å². The summed E-state index contributed by atoms with van der Waals surface area (Å²) in [5.74, 6) is -6.56. The van der Waals surface area contributed by atoms with Gasteiger partial charge in [-0.05, 0) is 53.9 Å². The van der Waals surface area contributed by atoms with Gasteiger partial charge in [0.1, 0.15) is 11.6 Å². The Morgan fingerprint density at radius 3 is 1.90 bits per heavy atom. The van der Waals surface area contributed by atoms with Crippen LogP contribution in [0.3, 0.4) is 0 Å². The molecule has 0 N–H and O–H groups in total. The molecule has 0 radical (unpaired) electrons. The van der Waals surface area contributed by atoms with Crippen LogP contribution in [-0.4, -0.2) is 5.97 Å². The lowest BCUT2D eigenvalue weighted by atomic mass is 10.1. The minimum atomic E-state index is -1.55. The third-order valence-corrected chi connectivity index (χ3v) is 4.46. The van der Waals surface area contributed by atoms with E-state index < -0.39 is 35.1 Å². The summed E-state index contributed by atoms with van der Waals surface area (Å²) in [6, 6.07) is 12.6. The van der Waals surface area contributed by atoms with Crippen LogP contribution in [0.25, 0.3) is 17.0 Å². The molecule has 0 saturated heterocycles. The summed E-state index contributed by atoms with van der Waals surface area (Å²) >= 11 is 0. The lowest BCUT2D eigenvalue weighted by Gasteiger charge is -2.08. The van der Waals surface area contributed by atoms with E-state index in [1.807, 2.05) is 0 Å². The van der Waals surface area contributed by atoms with E-state index in [9.17, 15) is 26.7 Å². The lowest BCUT2D eigenvalue weighted by Crippen LogP contribution is -2.08. The molecule has 2 nitrogen and oxygen atoms in total. The minimum Gasteiger partial charge on any atom is -0.423 e. The number of halogens is 5. The Labute approximate surface area is 175 Å². The summed E-state index contributed by atoms with van der Waals surface area (Å²) in [5.41, 5.74) is 0.651. The Morgan fingerprint density at radius 1 is 0.806 bits per heavy atom. The van der Waals surface area contributed by atoms with E-state index in [0.717, 1.165) is 12.1 Å². The Morgan fingerprint density at radius 2 is 1.35 bits per heavy atom. The third kappa shape index (κ3) is 5.17. The molecular weight excluding hydrogens is 415 g/mol. The summed E-state index contributed by atoms with van der Waals surface area (Å²) in [4.78, 5) is 12.3. The highest BCUT2D eigenvalue weighted by Gasteiger charge is 2.14. The van der Waals surface area contributed by atoms with Gasteiger partial charge in [-0.2, -0.15) is 0 Å². The molecule has 31 heavy (non-hydrogen) atoms. The molecule has 7 heteroatoms. The number of carbonyl (C=O) groups is 1. The molecule has 3 aromatic rings. The molecule has 0 bridgehead atoms. The van der Waals surface area contributed by atoms with Gasteiger partial charge >= 0.3 is 5.97 Å². The smallest absolute Gasteiger partial charge is 0.343 e. The van der Waals surface area contributed by atoms with Crippen LogP contribution in [0.1, 0.15) is 35.7 Å². The maximum Gasteiger partial charge on any atom is 0.343 e. The summed E-state index contributed by atoms with van der Waals surface area (Å²) in [6.07, 6.45) is 0.455. The highest BCUT2D eigenvalue weighted by molar-refractivity contribution is 5.91. The summed E-state index contributed by atoms with van der Waals surface area (Å²) in [6.45, 7) is 1.73. The Bertz CT molecular complexity index is 1100. The van der Waals surface area contributed by atoms with Crippen molar-refractivity contribution in [2.75, 3.05) is 0 Å². The van der Waals surface area contributed by atoms with Crippen molar-refractivity contribution in [3.63, 3.8) is 0 Å². The molecule has 0 aliphatic carbocycles. The van der Waals surface area contributed by atoms with Crippen LogP contribution in [0.4, 0.5) is 22.0 Å². The molecule has 0 heterocycles. The molecule has 0 unspecified atom stereocenters. The molecule has 0 amide bonds. The fraction of sp³-hybridized carbons (Fsp3) is 0.125. The van der Waals surface area contributed by atoms with Gasteiger partial charge in [0.25, 0.3) is 0 Å². The number of allylic oxidation sites excluding steroid dienone is 1. The Kier molecular flexibility index (Phi) is 6.84. The molecular formula is C24H17F5O2. The SMILES string of the molecule is CCC/C(F)=C(\F)c1ccc(C(=O)Oc2ccc(-c3cc(F)c(F)c(F)c3)cc2)cc1. The molecule has 0 spiro atoms. The average Bonchev–Trinajstić information content (AvgIpc) is 2.77. The van der Waals surface area contributed by atoms with E-state index in [0.29, 0.717) is 12.0 Å². The minimum absolute atomic E-state index is 0.0111. The second-order valence-electron chi connectivity index (χ2n) is 6.71. The van der Waals surface area contributed by atoms with Crippen LogP contribution in [-0.2, 0) is 0 Å². The maximum absolute atomic E-state index is 14.0. The molecule has 0 atom stereocenters. The normalized spacial score (nSPS) is 11.8. The number of hydrogen-bond donors (Lipinski definition) is 0. The van der Waals surface area contributed by atoms with Gasteiger partial charge in [0.15, 0.2) is 23.3 Å². The van der Waals surface area contributed by atoms with Crippen LogP contribution in [0, 0.1) is 17.5 Å². The van der Waals surface area contributed by atoms with Crippen LogP contribution in [0.2, 0.25) is 0 Å². The van der Waals surface area contributed by atoms with E-state index in [2.05, 4.69) is 0 Å². The standard InChI is InChI=1S/C24H17F5O2/c1-2-3-19(25)22(28)15-4-6-16(7-5-15)24(30)31-18-10-8-14(9-11-18)17-12-20(26)23(29)21(27)13-17/h4-13H,2-3H2,1H3/b22-19+. The molecule has 0 aromatic heterocycles. The second kappa shape index (κ2) is 9.55. The van der Waals surface area contributed by atoms with Gasteiger partial charge in [-0.25, -0.2) is 26.7 Å². The zero-order valence-electron chi connectivity index (χ0n) is 16.4. The number of ether oxygens (including phenoxy) is 1. The van der Waals surface area contributed by atoms with Gasteiger partial charge in [0, 0.05) is 12.0 Å². The largest absolute Gasteiger partial charge is 0.423 e. The molecule has 0 saturated carbocycles. The van der Waals surface area contributed by atoms with E-state index >= 15 is 0 Å². The maximum atomic E-state index is 14.0. The summed E-state index contributed by atoms with van der Waals surface area (Å²) < 4.78 is 72.7. The first-order valence-electron chi connectivity index (χ1n) is 9.42. The van der Waals surface area contributed by atoms with E-state index in [4.69, 9.17) is 4.74 Å². The van der Waals surface area contributed by atoms with Gasteiger partial charge in [-0.3, -0.25) is 0 Å². The van der Waals surface area contributed by atoms with Crippen LogP contribution in [0.15, 0.2) is 66.5 Å². The van der Waals surface area contributed by atoms with Crippen molar-refractivity contribution in [2.24, 2.45) is 0 Å². The highest BCUT2D eigenvalue weighted by atomic mass is 19.2. The predicted molar refractivity (Wildman–Crippen MR) is 107 cm³/mol. The molecule has 3 rings (SSSR count). The predicted octanol–water partition coefficient (Wildman–Crippen LogP) is 7.40. The van der Waals surface area contributed by atoms with Gasteiger partial charge in [0.05, 0.1) is 5.56 Å². The number of rotatable bonds is 6. The summed E-state index contributed by atoms with van der Waals surface area (Å²) in [7, 11) is 0. The molecule has 0 aliphatic heterocycles. The van der Waals surface area contributed by atoms with Crippen molar-refractivity contribution in [1.82, 2.24) is 0 Å². The number of benzene rings is 3. The van der Waals surface area contributed by atoms with Gasteiger partial charge in [-0.15, -0.1) is 0 Å². The zero-order valence-corrected chi connectivity index (χ0v) is 16.4. The first kappa shape index (κ1) is 22.2. The Balaban J connectivity index is 1.72. The van der Waals surface area contributed by atoms with Gasteiger partial charge in [-0.1, -0.05) is 31.2 Å². The number of hydrogen-bond acceptors (Lipinski definition) is 2. The lowest BCUT2D eigenvalue weighted by molar-refractivity contribution is 0.0734. The molecule has 0 aliphatic rings. The monoisotopic (exact) mass is 432 g/mol. The quantitative estimate of drug-likeness (QED) is 0.176. The molecule has 160 valence electrons. The average molecular weight is 432 g/mol. The van der Waals surface area contributed by atoms with Crippen LogP contribution >= 0.6 is 0 Å². The van der Waals surface area contributed by atoms with Crippen molar-refractivity contribution in [3.8, 4) is 16.9 Å². The zero-order chi connectivity index (χ0) is 22.5. The molecule has 0 fully saturated rings. The highest BCUT2D eigenvalue weighted by Crippen LogP contribution is 2.27. The summed E-state index contributed by atoms with van der Waals surface area (Å²) in [5, 5.41) is 0. The van der Waals surface area contributed by atoms with Crippen molar-refractivity contribution in [2.45, 2.75) is 19.8 Å². The number of esters is 1. The van der Waals surface area contributed by atoms with Crippen molar-refractivity contribution >= 4 is 11.8 Å². The fourth-order valence-electron chi connectivity index (χ4n) is 2.84.